The van der Waals surface area contributed by atoms with Crippen molar-refractivity contribution in [2.24, 2.45) is 5.73 Å². The lowest BCUT2D eigenvalue weighted by atomic mass is 10.0. The molecule has 0 unspecified atom stereocenters. The molecule has 0 radical (unpaired) electrons. The Kier molecular flexibility index (Phi) is 4.52. The zero-order chi connectivity index (χ0) is 11.4. The predicted molar refractivity (Wildman–Crippen MR) is 49.6 cm³/mol. The van der Waals surface area contributed by atoms with Gasteiger partial charge in [0.15, 0.2) is 5.78 Å². The van der Waals surface area contributed by atoms with Crippen molar-refractivity contribution in [1.82, 2.24) is 5.32 Å². The van der Waals surface area contributed by atoms with Crippen molar-refractivity contribution < 1.29 is 19.1 Å². The largest absolute Gasteiger partial charge is 0.453 e. The number of nitrogens with one attached hydrogen (secondary N) is 1. The van der Waals surface area contributed by atoms with Crippen molar-refractivity contribution in [3.8, 4) is 0 Å². The van der Waals surface area contributed by atoms with Crippen molar-refractivity contribution >= 4 is 11.9 Å². The molecule has 0 saturated heterocycles. The lowest BCUT2D eigenvalue weighted by Crippen LogP contribution is -2.60. The summed E-state index contributed by atoms with van der Waals surface area (Å²) in [5, 5.41) is 2.30. The lowest BCUT2D eigenvalue weighted by Gasteiger charge is -2.30. The van der Waals surface area contributed by atoms with Crippen LogP contribution in [0.4, 0.5) is 4.79 Å². The molecule has 0 aliphatic rings. The van der Waals surface area contributed by atoms with Gasteiger partial charge in [0.1, 0.15) is 11.8 Å². The van der Waals surface area contributed by atoms with Crippen LogP contribution in [0.1, 0.15) is 13.8 Å². The molecule has 0 rings (SSSR count). The molecule has 0 aromatic carbocycles. The third kappa shape index (κ3) is 3.31. The molecule has 2 atom stereocenters. The monoisotopic (exact) mass is 204 g/mol. The Labute approximate surface area is 82.7 Å². The number of hydrogen-bond acceptors (Lipinski definition) is 5. The maximum atomic E-state index is 11.2. The van der Waals surface area contributed by atoms with Crippen LogP contribution in [0.5, 0.6) is 0 Å². The third-order valence-corrected chi connectivity index (χ3v) is 1.87. The Balaban J connectivity index is 4.61. The first-order valence-corrected chi connectivity index (χ1v) is 4.04. The molecule has 0 bridgehead atoms. The number of nitrogens with two attached hydrogens (primary N) is 1. The molecule has 14 heavy (non-hydrogen) atoms. The van der Waals surface area contributed by atoms with Crippen molar-refractivity contribution in [2.45, 2.75) is 25.6 Å². The fraction of sp³-hybridized carbons (Fsp3) is 0.750. The molecule has 1 amide bonds. The number of Topliss-reactive ketones (excluding diaryl/α,β-unsaturated/α-hetero) is 1. The smallest absolute Gasteiger partial charge is 0.407 e. The molecule has 0 aliphatic heterocycles. The van der Waals surface area contributed by atoms with Gasteiger partial charge in [0.2, 0.25) is 0 Å². The molecule has 0 fully saturated rings. The molecule has 0 spiro atoms. The first-order valence-electron chi connectivity index (χ1n) is 4.04. The van der Waals surface area contributed by atoms with E-state index in [9.17, 15) is 9.59 Å². The second-order valence-electron chi connectivity index (χ2n) is 3.07. The van der Waals surface area contributed by atoms with Gasteiger partial charge in [-0.2, -0.15) is 0 Å². The summed E-state index contributed by atoms with van der Waals surface area (Å²) >= 11 is 0. The van der Waals surface area contributed by atoms with Gasteiger partial charge in [-0.3, -0.25) is 4.79 Å². The van der Waals surface area contributed by atoms with Crippen LogP contribution in [-0.2, 0) is 14.3 Å². The third-order valence-electron chi connectivity index (χ3n) is 1.87. The van der Waals surface area contributed by atoms with Crippen LogP contribution in [0, 0.1) is 0 Å². The van der Waals surface area contributed by atoms with E-state index in [0.29, 0.717) is 0 Å². The molecular formula is C8H16N2O4. The molecule has 82 valence electrons. The first-order chi connectivity index (χ1) is 6.35. The predicted octanol–water partition coefficient (Wildman–Crippen LogP) is -0.379. The van der Waals surface area contributed by atoms with Crippen LogP contribution in [0.3, 0.4) is 0 Å². The van der Waals surface area contributed by atoms with E-state index >= 15 is 0 Å². The number of methoxy groups -OCH3 is 2. The lowest BCUT2D eigenvalue weighted by molar-refractivity contribution is -0.126. The highest BCUT2D eigenvalue weighted by molar-refractivity contribution is 5.86. The molecule has 3 N–H and O–H groups in total. The molecule has 6 heteroatoms. The normalized spacial score (nSPS) is 16.6. The van der Waals surface area contributed by atoms with Gasteiger partial charge in [-0.25, -0.2) is 4.79 Å². The molecule has 0 aliphatic carbocycles. The topological polar surface area (TPSA) is 90.7 Å². The van der Waals surface area contributed by atoms with Crippen LogP contribution in [-0.4, -0.2) is 37.9 Å². The van der Waals surface area contributed by atoms with E-state index in [1.54, 1.807) is 0 Å². The summed E-state index contributed by atoms with van der Waals surface area (Å²) < 4.78 is 9.25. The van der Waals surface area contributed by atoms with Crippen LogP contribution >= 0.6 is 0 Å². The summed E-state index contributed by atoms with van der Waals surface area (Å²) in [7, 11) is 2.56. The van der Waals surface area contributed by atoms with Gasteiger partial charge in [0.05, 0.1) is 7.11 Å². The minimum absolute atomic E-state index is 0.303. The number of ether oxygens (including phenoxy) is 2. The Morgan fingerprint density at radius 3 is 2.21 bits per heavy atom. The summed E-state index contributed by atoms with van der Waals surface area (Å²) in [6.07, 6.45) is -0.723. The number of alkyl carbamates (subject to hydrolysis) is 1. The minimum atomic E-state index is -1.25. The average molecular weight is 204 g/mol. The summed E-state index contributed by atoms with van der Waals surface area (Å²) in [5.74, 6) is -0.303. The van der Waals surface area contributed by atoms with Crippen molar-refractivity contribution in [3.63, 3.8) is 0 Å². The molecular weight excluding hydrogens is 188 g/mol. The van der Waals surface area contributed by atoms with Crippen molar-refractivity contribution in [3.05, 3.63) is 0 Å². The Bertz CT molecular complexity index is 227. The van der Waals surface area contributed by atoms with Crippen molar-refractivity contribution in [2.75, 3.05) is 14.2 Å². The van der Waals surface area contributed by atoms with E-state index in [1.807, 2.05) is 0 Å². The number of amides is 1. The molecule has 0 saturated carbocycles. The van der Waals surface area contributed by atoms with Gasteiger partial charge in [0, 0.05) is 7.11 Å². The number of rotatable bonds is 4. The quantitative estimate of drug-likeness (QED) is 0.609. The van der Waals surface area contributed by atoms with Gasteiger partial charge in [-0.15, -0.1) is 0 Å². The highest BCUT2D eigenvalue weighted by Gasteiger charge is 2.35. The first kappa shape index (κ1) is 12.9. The van der Waals surface area contributed by atoms with E-state index in [1.165, 1.54) is 28.1 Å². The maximum absolute atomic E-state index is 11.2. The fourth-order valence-electron chi connectivity index (χ4n) is 0.943. The number of ketones is 1. The van der Waals surface area contributed by atoms with Gasteiger partial charge in [-0.05, 0) is 13.8 Å². The summed E-state index contributed by atoms with van der Waals surface area (Å²) in [6, 6.07) is -0.931. The van der Waals surface area contributed by atoms with E-state index in [0.717, 1.165) is 0 Å². The van der Waals surface area contributed by atoms with Gasteiger partial charge >= 0.3 is 6.09 Å². The SMILES string of the molecule is COC(=O)N[C@H](C(C)=O)[C@@](C)(N)OC. The van der Waals surface area contributed by atoms with E-state index in [4.69, 9.17) is 10.5 Å². The highest BCUT2D eigenvalue weighted by Crippen LogP contribution is 2.08. The molecule has 0 aromatic heterocycles. The average Bonchev–Trinajstić information content (AvgIpc) is 2.12. The van der Waals surface area contributed by atoms with Gasteiger partial charge in [-0.1, -0.05) is 0 Å². The highest BCUT2D eigenvalue weighted by atomic mass is 16.5. The fourth-order valence-corrected chi connectivity index (χ4v) is 0.943. The summed E-state index contributed by atoms with van der Waals surface area (Å²) in [4.78, 5) is 22.1. The molecule has 0 aromatic rings. The molecule has 0 heterocycles. The van der Waals surface area contributed by atoms with Crippen LogP contribution in [0.15, 0.2) is 0 Å². The standard InChI is InChI=1S/C8H16N2O4/c1-5(11)6(8(2,9)14-4)10-7(12)13-3/h6H,9H2,1-4H3,(H,10,12)/t6-,8+/m1/s1. The van der Waals surface area contributed by atoms with E-state index in [-0.39, 0.29) is 5.78 Å². The Morgan fingerprint density at radius 1 is 1.43 bits per heavy atom. The van der Waals surface area contributed by atoms with Crippen LogP contribution < -0.4 is 11.1 Å². The maximum Gasteiger partial charge on any atom is 0.407 e. The van der Waals surface area contributed by atoms with Crippen LogP contribution in [0.25, 0.3) is 0 Å². The molecule has 6 nitrogen and oxygen atoms in total. The van der Waals surface area contributed by atoms with Gasteiger partial charge < -0.3 is 20.5 Å². The zero-order valence-electron chi connectivity index (χ0n) is 8.79. The van der Waals surface area contributed by atoms with E-state index < -0.39 is 17.9 Å². The number of hydrogen-bond donors (Lipinski definition) is 2. The van der Waals surface area contributed by atoms with Crippen LogP contribution in [0.2, 0.25) is 0 Å². The Morgan fingerprint density at radius 2 is 1.93 bits per heavy atom. The van der Waals surface area contributed by atoms with Crippen molar-refractivity contribution in [1.29, 1.82) is 0 Å². The number of carbonyl (C=O) groups is 2. The second-order valence-corrected chi connectivity index (χ2v) is 3.07. The Hall–Kier alpha value is -1.14. The van der Waals surface area contributed by atoms with Gasteiger partial charge in [0.25, 0.3) is 0 Å². The zero-order valence-corrected chi connectivity index (χ0v) is 8.79. The van der Waals surface area contributed by atoms with E-state index in [2.05, 4.69) is 10.1 Å². The summed E-state index contributed by atoms with van der Waals surface area (Å²) in [6.45, 7) is 2.81. The number of carbonyl (C=O) groups excluding carboxylic acids is 2. The summed E-state index contributed by atoms with van der Waals surface area (Å²) in [5.41, 5.74) is 4.40. The second kappa shape index (κ2) is 4.92. The minimum Gasteiger partial charge on any atom is -0.453 e.